The van der Waals surface area contributed by atoms with Gasteiger partial charge in [-0.2, -0.15) is 5.10 Å². The van der Waals surface area contributed by atoms with Crippen LogP contribution in [0.25, 0.3) is 0 Å². The van der Waals surface area contributed by atoms with Gasteiger partial charge in [0.1, 0.15) is 5.82 Å². The van der Waals surface area contributed by atoms with E-state index < -0.39 is 0 Å². The van der Waals surface area contributed by atoms with Crippen LogP contribution in [0.1, 0.15) is 31.3 Å². The molecule has 1 amide bonds. The fraction of sp³-hybridized carbons (Fsp3) is 0.238. The number of hydrogen-bond donors (Lipinski definition) is 2. The summed E-state index contributed by atoms with van der Waals surface area (Å²) in [5.74, 6) is 0.315. The number of nitrogens with one attached hydrogen (secondary N) is 2. The molecule has 2 aromatic carbocycles. The second-order valence-electron chi connectivity index (χ2n) is 6.80. The molecule has 7 nitrogen and oxygen atoms in total. The van der Waals surface area contributed by atoms with Crippen molar-refractivity contribution in [3.63, 3.8) is 0 Å². The fourth-order valence-corrected chi connectivity index (χ4v) is 3.73. The van der Waals surface area contributed by atoms with Gasteiger partial charge in [-0.25, -0.2) is 9.82 Å². The van der Waals surface area contributed by atoms with Gasteiger partial charge < -0.3 is 9.88 Å². The first-order chi connectivity index (χ1) is 14.8. The Hall–Kier alpha value is -2.72. The van der Waals surface area contributed by atoms with Crippen LogP contribution < -0.4 is 10.7 Å². The lowest BCUT2D eigenvalue weighted by Crippen LogP contribution is -2.21. The van der Waals surface area contributed by atoms with E-state index in [1.165, 1.54) is 23.9 Å². The summed E-state index contributed by atoms with van der Waals surface area (Å²) in [5, 5.41) is 16.5. The van der Waals surface area contributed by atoms with E-state index in [4.69, 9.17) is 0 Å². The lowest BCUT2D eigenvalue weighted by Gasteiger charge is -2.14. The van der Waals surface area contributed by atoms with Crippen molar-refractivity contribution in [1.29, 1.82) is 0 Å². The Labute approximate surface area is 192 Å². The molecule has 10 heteroatoms. The van der Waals surface area contributed by atoms with E-state index in [2.05, 4.69) is 42.0 Å². The van der Waals surface area contributed by atoms with E-state index in [1.807, 2.05) is 42.8 Å². The molecule has 3 aromatic rings. The van der Waals surface area contributed by atoms with Crippen molar-refractivity contribution in [3.05, 3.63) is 70.2 Å². The maximum atomic E-state index is 13.0. The molecule has 0 radical (unpaired) electrons. The standard InChI is InChI=1S/C21H22BrFN6OS/c1-13(15-4-8-17(23)9-5-15)25-26-19(30)12-31-21-28-27-20(29(21)3)14(2)24-18-10-6-16(22)7-11-18/h4-11,14,24H,12H2,1-3H3,(H,26,30)/b25-13+. The van der Waals surface area contributed by atoms with Crippen molar-refractivity contribution in [2.75, 3.05) is 11.1 Å². The first kappa shape index (κ1) is 23.0. The van der Waals surface area contributed by atoms with Gasteiger partial charge >= 0.3 is 0 Å². The molecule has 0 spiro atoms. The minimum absolute atomic E-state index is 0.0650. The van der Waals surface area contributed by atoms with Crippen LogP contribution in [0.4, 0.5) is 10.1 Å². The molecule has 0 aliphatic heterocycles. The molecule has 31 heavy (non-hydrogen) atoms. The fourth-order valence-electron chi connectivity index (χ4n) is 2.75. The summed E-state index contributed by atoms with van der Waals surface area (Å²) >= 11 is 4.70. The highest BCUT2D eigenvalue weighted by Gasteiger charge is 2.16. The molecule has 3 rings (SSSR count). The zero-order chi connectivity index (χ0) is 22.4. The van der Waals surface area contributed by atoms with Crippen LogP contribution in [0.3, 0.4) is 0 Å². The second kappa shape index (κ2) is 10.5. The molecule has 0 fully saturated rings. The Balaban J connectivity index is 1.54. The summed E-state index contributed by atoms with van der Waals surface area (Å²) in [6.45, 7) is 3.75. The number of hydrogen-bond acceptors (Lipinski definition) is 6. The predicted molar refractivity (Wildman–Crippen MR) is 125 cm³/mol. The minimum Gasteiger partial charge on any atom is -0.375 e. The molecule has 0 aliphatic rings. The number of aromatic nitrogens is 3. The van der Waals surface area contributed by atoms with Crippen LogP contribution in [-0.4, -0.2) is 32.1 Å². The van der Waals surface area contributed by atoms with Gasteiger partial charge in [0.2, 0.25) is 0 Å². The highest BCUT2D eigenvalue weighted by atomic mass is 79.9. The topological polar surface area (TPSA) is 84.2 Å². The van der Waals surface area contributed by atoms with Crippen molar-refractivity contribution >= 4 is 45.0 Å². The highest BCUT2D eigenvalue weighted by Crippen LogP contribution is 2.23. The summed E-state index contributed by atoms with van der Waals surface area (Å²) in [7, 11) is 1.87. The third-order valence-electron chi connectivity index (χ3n) is 4.43. The zero-order valence-electron chi connectivity index (χ0n) is 17.3. The number of halogens is 2. The molecule has 0 saturated heterocycles. The average molecular weight is 505 g/mol. The number of carbonyl (C=O) groups excluding carboxylic acids is 1. The quantitative estimate of drug-likeness (QED) is 0.267. The molecule has 1 aromatic heterocycles. The summed E-state index contributed by atoms with van der Waals surface area (Å²) in [5.41, 5.74) is 4.81. The summed E-state index contributed by atoms with van der Waals surface area (Å²) in [6, 6.07) is 13.7. The van der Waals surface area contributed by atoms with Gasteiger partial charge in [-0.05, 0) is 55.8 Å². The third kappa shape index (κ3) is 6.38. The Bertz CT molecular complexity index is 1070. The molecule has 1 heterocycles. The smallest absolute Gasteiger partial charge is 0.250 e. The van der Waals surface area contributed by atoms with Gasteiger partial charge in [0, 0.05) is 17.2 Å². The number of hydrazone groups is 1. The lowest BCUT2D eigenvalue weighted by atomic mass is 10.1. The lowest BCUT2D eigenvalue weighted by molar-refractivity contribution is -0.118. The van der Waals surface area contributed by atoms with Gasteiger partial charge in [-0.1, -0.05) is 39.8 Å². The number of amides is 1. The minimum atomic E-state index is -0.318. The number of carbonyl (C=O) groups is 1. The van der Waals surface area contributed by atoms with E-state index in [9.17, 15) is 9.18 Å². The monoisotopic (exact) mass is 504 g/mol. The maximum absolute atomic E-state index is 13.0. The Morgan fingerprint density at radius 2 is 1.87 bits per heavy atom. The predicted octanol–water partition coefficient (Wildman–Crippen LogP) is 4.52. The number of thioether (sulfide) groups is 1. The highest BCUT2D eigenvalue weighted by molar-refractivity contribution is 9.10. The zero-order valence-corrected chi connectivity index (χ0v) is 19.7. The molecule has 0 bridgehead atoms. The summed E-state index contributed by atoms with van der Waals surface area (Å²) in [6.07, 6.45) is 0. The Morgan fingerprint density at radius 1 is 1.19 bits per heavy atom. The van der Waals surface area contributed by atoms with Crippen LogP contribution in [0.2, 0.25) is 0 Å². The average Bonchev–Trinajstić information content (AvgIpc) is 3.13. The Morgan fingerprint density at radius 3 is 2.55 bits per heavy atom. The molecular weight excluding hydrogens is 483 g/mol. The van der Waals surface area contributed by atoms with Crippen molar-refractivity contribution in [2.24, 2.45) is 12.1 Å². The van der Waals surface area contributed by atoms with Crippen molar-refractivity contribution < 1.29 is 9.18 Å². The number of nitrogens with zero attached hydrogens (tertiary/aromatic N) is 4. The van der Waals surface area contributed by atoms with E-state index >= 15 is 0 Å². The van der Waals surface area contributed by atoms with E-state index in [-0.39, 0.29) is 23.5 Å². The SMILES string of the molecule is C/C(=N\NC(=O)CSc1nnc(C(C)Nc2ccc(Br)cc2)n1C)c1ccc(F)cc1. The summed E-state index contributed by atoms with van der Waals surface area (Å²) in [4.78, 5) is 12.2. The molecule has 162 valence electrons. The van der Waals surface area contributed by atoms with Crippen molar-refractivity contribution in [3.8, 4) is 0 Å². The molecule has 1 unspecified atom stereocenters. The second-order valence-corrected chi connectivity index (χ2v) is 8.66. The molecule has 0 aliphatic carbocycles. The normalized spacial score (nSPS) is 12.5. The van der Waals surface area contributed by atoms with Crippen LogP contribution in [0, 0.1) is 5.82 Å². The van der Waals surface area contributed by atoms with Crippen molar-refractivity contribution in [2.45, 2.75) is 25.0 Å². The van der Waals surface area contributed by atoms with Crippen LogP contribution >= 0.6 is 27.7 Å². The van der Waals surface area contributed by atoms with Crippen LogP contribution in [0.5, 0.6) is 0 Å². The van der Waals surface area contributed by atoms with Crippen LogP contribution in [-0.2, 0) is 11.8 Å². The summed E-state index contributed by atoms with van der Waals surface area (Å²) < 4.78 is 15.9. The van der Waals surface area contributed by atoms with E-state index in [1.54, 1.807) is 19.1 Å². The van der Waals surface area contributed by atoms with Gasteiger partial charge in [-0.15, -0.1) is 10.2 Å². The number of rotatable bonds is 8. The first-order valence-electron chi connectivity index (χ1n) is 9.46. The number of anilines is 1. The molecule has 2 N–H and O–H groups in total. The number of benzene rings is 2. The van der Waals surface area contributed by atoms with Gasteiger partial charge in [0.25, 0.3) is 5.91 Å². The van der Waals surface area contributed by atoms with Crippen LogP contribution in [0.15, 0.2) is 63.3 Å². The van der Waals surface area contributed by atoms with Crippen molar-refractivity contribution in [1.82, 2.24) is 20.2 Å². The molecule has 0 saturated carbocycles. The largest absolute Gasteiger partial charge is 0.375 e. The Kier molecular flexibility index (Phi) is 7.80. The van der Waals surface area contributed by atoms with Gasteiger partial charge in [0.05, 0.1) is 17.5 Å². The maximum Gasteiger partial charge on any atom is 0.250 e. The molecule has 1 atom stereocenters. The van der Waals surface area contributed by atoms with Gasteiger partial charge in [-0.3, -0.25) is 4.79 Å². The van der Waals surface area contributed by atoms with E-state index in [0.29, 0.717) is 10.9 Å². The van der Waals surface area contributed by atoms with Gasteiger partial charge in [0.15, 0.2) is 11.0 Å². The van der Waals surface area contributed by atoms with E-state index in [0.717, 1.165) is 21.5 Å². The molecular formula is C21H22BrFN6OS. The third-order valence-corrected chi connectivity index (χ3v) is 5.97. The first-order valence-corrected chi connectivity index (χ1v) is 11.2.